The Kier molecular flexibility index (Phi) is 4.11. The summed E-state index contributed by atoms with van der Waals surface area (Å²) in [4.78, 5) is 12.3. The van der Waals surface area contributed by atoms with Crippen molar-refractivity contribution in [3.63, 3.8) is 0 Å². The lowest BCUT2D eigenvalue weighted by atomic mass is 10.1. The molecule has 0 fully saturated rings. The van der Waals surface area contributed by atoms with Crippen LogP contribution < -0.4 is 5.43 Å². The van der Waals surface area contributed by atoms with Crippen molar-refractivity contribution in [2.75, 3.05) is 5.43 Å². The summed E-state index contributed by atoms with van der Waals surface area (Å²) in [6, 6.07) is 19.2. The first kappa shape index (κ1) is 14.6. The number of nitrogens with one attached hydrogen (secondary N) is 1. The highest BCUT2D eigenvalue weighted by Crippen LogP contribution is 2.25. The minimum Gasteiger partial charge on any atom is -0.267 e. The molecule has 0 unspecified atom stereocenters. The van der Waals surface area contributed by atoms with Gasteiger partial charge in [0, 0.05) is 21.8 Å². The second kappa shape index (κ2) is 6.20. The minimum absolute atomic E-state index is 0.130. The lowest BCUT2D eigenvalue weighted by Crippen LogP contribution is -2.22. The van der Waals surface area contributed by atoms with E-state index in [1.165, 1.54) is 0 Å². The maximum atomic E-state index is 12.3. The molecule has 1 N–H and O–H groups in total. The molecule has 0 atom stereocenters. The molecular weight excluding hydrogens is 340 g/mol. The third kappa shape index (κ3) is 2.97. The highest BCUT2D eigenvalue weighted by atomic mass is 79.9. The second-order valence-corrected chi connectivity index (χ2v) is 5.95. The Morgan fingerprint density at radius 3 is 2.36 bits per heavy atom. The molecule has 0 bridgehead atoms. The van der Waals surface area contributed by atoms with Gasteiger partial charge in [-0.15, -0.1) is 0 Å². The van der Waals surface area contributed by atoms with Crippen LogP contribution in [0, 0.1) is 6.92 Å². The maximum Gasteiger partial charge on any atom is 0.270 e. The number of rotatable bonds is 3. The number of aryl methyl sites for hydroxylation is 1. The van der Waals surface area contributed by atoms with E-state index in [9.17, 15) is 4.79 Å². The first-order valence-electron chi connectivity index (χ1n) is 6.95. The van der Waals surface area contributed by atoms with Gasteiger partial charge in [-0.1, -0.05) is 46.3 Å². The lowest BCUT2D eigenvalue weighted by molar-refractivity contribution is 0.101. The Hall–Kier alpha value is -2.33. The quantitative estimate of drug-likeness (QED) is 0.732. The Labute approximate surface area is 137 Å². The lowest BCUT2D eigenvalue weighted by Gasteiger charge is -2.12. The molecule has 110 valence electrons. The Morgan fingerprint density at radius 2 is 1.68 bits per heavy atom. The van der Waals surface area contributed by atoms with E-state index < -0.39 is 0 Å². The number of carbonyl (C=O) groups is 1. The molecule has 3 rings (SSSR count). The van der Waals surface area contributed by atoms with E-state index in [0.29, 0.717) is 5.56 Å². The Balaban J connectivity index is 1.93. The zero-order valence-corrected chi connectivity index (χ0v) is 13.7. The fourth-order valence-electron chi connectivity index (χ4n) is 2.36. The van der Waals surface area contributed by atoms with Crippen LogP contribution in [0.5, 0.6) is 0 Å². The van der Waals surface area contributed by atoms with E-state index in [1.54, 1.807) is 16.8 Å². The highest BCUT2D eigenvalue weighted by molar-refractivity contribution is 9.10. The van der Waals surface area contributed by atoms with Gasteiger partial charge >= 0.3 is 0 Å². The van der Waals surface area contributed by atoms with Crippen LogP contribution in [0.1, 0.15) is 15.9 Å². The van der Waals surface area contributed by atoms with E-state index in [0.717, 1.165) is 21.3 Å². The molecule has 1 aromatic heterocycles. The Morgan fingerprint density at radius 1 is 1.00 bits per heavy atom. The summed E-state index contributed by atoms with van der Waals surface area (Å²) in [5, 5.41) is 0. The predicted molar refractivity (Wildman–Crippen MR) is 92.4 cm³/mol. The van der Waals surface area contributed by atoms with Crippen LogP contribution in [0.3, 0.4) is 0 Å². The molecule has 3 nitrogen and oxygen atoms in total. The fraction of sp³-hybridized carbons (Fsp3) is 0.0556. The van der Waals surface area contributed by atoms with Crippen LogP contribution in [0.2, 0.25) is 0 Å². The van der Waals surface area contributed by atoms with Gasteiger partial charge in [-0.2, -0.15) is 0 Å². The summed E-state index contributed by atoms with van der Waals surface area (Å²) in [6.45, 7) is 2.03. The number of amides is 1. The largest absolute Gasteiger partial charge is 0.270 e. The van der Waals surface area contributed by atoms with E-state index in [1.807, 2.05) is 61.7 Å². The average molecular weight is 355 g/mol. The van der Waals surface area contributed by atoms with Gasteiger partial charge in [-0.3, -0.25) is 14.9 Å². The molecule has 22 heavy (non-hydrogen) atoms. The first-order chi connectivity index (χ1) is 10.6. The summed E-state index contributed by atoms with van der Waals surface area (Å²) in [5.41, 5.74) is 6.71. The predicted octanol–water partition coefficient (Wildman–Crippen LogP) is 4.61. The Bertz CT molecular complexity index is 792. The van der Waals surface area contributed by atoms with Crippen molar-refractivity contribution < 1.29 is 4.79 Å². The number of aromatic nitrogens is 1. The molecule has 0 aliphatic heterocycles. The molecule has 1 amide bonds. The number of benzene rings is 2. The van der Waals surface area contributed by atoms with Crippen LogP contribution in [0.15, 0.2) is 71.3 Å². The van der Waals surface area contributed by atoms with Gasteiger partial charge in [0.25, 0.3) is 5.91 Å². The first-order valence-corrected chi connectivity index (χ1v) is 7.75. The number of halogens is 1. The molecule has 0 aliphatic rings. The zero-order chi connectivity index (χ0) is 15.5. The molecule has 4 heteroatoms. The van der Waals surface area contributed by atoms with Crippen LogP contribution >= 0.6 is 15.9 Å². The van der Waals surface area contributed by atoms with Crippen molar-refractivity contribution in [2.45, 2.75) is 6.92 Å². The SMILES string of the molecule is Cc1ccn(NC(=O)c2ccccc2)c1-c1ccc(Br)cc1. The van der Waals surface area contributed by atoms with E-state index in [2.05, 4.69) is 21.4 Å². The summed E-state index contributed by atoms with van der Waals surface area (Å²) in [5.74, 6) is -0.130. The standard InChI is InChI=1S/C18H15BrN2O/c1-13-11-12-21(17(13)14-7-9-16(19)10-8-14)20-18(22)15-5-3-2-4-6-15/h2-12H,1H3,(H,20,22). The summed E-state index contributed by atoms with van der Waals surface area (Å²) < 4.78 is 2.80. The van der Waals surface area contributed by atoms with Crippen molar-refractivity contribution in [1.29, 1.82) is 0 Å². The smallest absolute Gasteiger partial charge is 0.267 e. The average Bonchev–Trinajstić information content (AvgIpc) is 2.90. The number of carbonyl (C=O) groups excluding carboxylic acids is 1. The third-order valence-corrected chi connectivity index (χ3v) is 3.99. The van der Waals surface area contributed by atoms with Gasteiger partial charge in [0.05, 0.1) is 5.69 Å². The molecule has 0 saturated carbocycles. The fourth-order valence-corrected chi connectivity index (χ4v) is 2.63. The van der Waals surface area contributed by atoms with Gasteiger partial charge in [0.15, 0.2) is 0 Å². The van der Waals surface area contributed by atoms with E-state index >= 15 is 0 Å². The molecule has 2 aromatic carbocycles. The van der Waals surface area contributed by atoms with Crippen molar-refractivity contribution in [2.24, 2.45) is 0 Å². The van der Waals surface area contributed by atoms with Crippen LogP contribution in [0.25, 0.3) is 11.3 Å². The number of hydrogen-bond donors (Lipinski definition) is 1. The molecule has 0 aliphatic carbocycles. The number of hydrogen-bond acceptors (Lipinski definition) is 1. The molecule has 1 heterocycles. The van der Waals surface area contributed by atoms with Gasteiger partial charge in [-0.05, 0) is 42.8 Å². The van der Waals surface area contributed by atoms with Gasteiger partial charge in [0.2, 0.25) is 0 Å². The van der Waals surface area contributed by atoms with Crippen LogP contribution in [-0.2, 0) is 0 Å². The molecular formula is C18H15BrN2O. The van der Waals surface area contributed by atoms with Gasteiger partial charge in [-0.25, -0.2) is 0 Å². The topological polar surface area (TPSA) is 34.0 Å². The van der Waals surface area contributed by atoms with Crippen molar-refractivity contribution in [1.82, 2.24) is 4.68 Å². The van der Waals surface area contributed by atoms with Gasteiger partial charge in [0.1, 0.15) is 0 Å². The summed E-state index contributed by atoms with van der Waals surface area (Å²) in [7, 11) is 0. The van der Waals surface area contributed by atoms with Crippen LogP contribution in [0.4, 0.5) is 0 Å². The van der Waals surface area contributed by atoms with Crippen molar-refractivity contribution in [3.8, 4) is 11.3 Å². The molecule has 0 radical (unpaired) electrons. The summed E-state index contributed by atoms with van der Waals surface area (Å²) >= 11 is 3.44. The normalized spacial score (nSPS) is 10.5. The molecule has 3 aromatic rings. The third-order valence-electron chi connectivity index (χ3n) is 3.46. The van der Waals surface area contributed by atoms with Gasteiger partial charge < -0.3 is 0 Å². The molecule has 0 saturated heterocycles. The van der Waals surface area contributed by atoms with E-state index in [4.69, 9.17) is 0 Å². The maximum absolute atomic E-state index is 12.3. The summed E-state index contributed by atoms with van der Waals surface area (Å²) in [6.07, 6.45) is 1.87. The van der Waals surface area contributed by atoms with Crippen molar-refractivity contribution >= 4 is 21.8 Å². The van der Waals surface area contributed by atoms with Crippen molar-refractivity contribution in [3.05, 3.63) is 82.5 Å². The molecule has 0 spiro atoms. The zero-order valence-electron chi connectivity index (χ0n) is 12.1. The van der Waals surface area contributed by atoms with Crippen LogP contribution in [-0.4, -0.2) is 10.6 Å². The minimum atomic E-state index is -0.130. The monoisotopic (exact) mass is 354 g/mol. The highest BCUT2D eigenvalue weighted by Gasteiger charge is 2.11. The van der Waals surface area contributed by atoms with E-state index in [-0.39, 0.29) is 5.91 Å². The number of nitrogens with zero attached hydrogens (tertiary/aromatic N) is 1. The second-order valence-electron chi connectivity index (χ2n) is 5.03.